The van der Waals surface area contributed by atoms with E-state index in [-0.39, 0.29) is 20.5 Å². The predicted octanol–water partition coefficient (Wildman–Crippen LogP) is 15.8. The van der Waals surface area contributed by atoms with Crippen LogP contribution < -0.4 is 15.3 Å². The smallest absolute Gasteiger partial charge is 0.423 e. The first kappa shape index (κ1) is 59.6. The fourth-order valence-electron chi connectivity index (χ4n) is 9.67. The Bertz CT molecular complexity index is 3800. The Morgan fingerprint density at radius 3 is 0.951 bits per heavy atom. The Morgan fingerprint density at radius 2 is 0.605 bits per heavy atom. The number of rotatable bonds is 8. The molecule has 8 nitrogen and oxygen atoms in total. The van der Waals surface area contributed by atoms with E-state index < -0.39 is 30.3 Å². The van der Waals surface area contributed by atoms with Crippen molar-refractivity contribution in [1.29, 1.82) is 0 Å². The van der Waals surface area contributed by atoms with Crippen LogP contribution in [0.5, 0.6) is 0 Å². The first-order valence-electron chi connectivity index (χ1n) is 25.5. The number of hydrogen-bond acceptors (Lipinski definition) is 8. The minimum absolute atomic E-state index is 0. The lowest BCUT2D eigenvalue weighted by Crippen LogP contribution is -2.29. The second-order valence-electron chi connectivity index (χ2n) is 19.4. The van der Waals surface area contributed by atoms with Crippen molar-refractivity contribution in [3.63, 3.8) is 0 Å². The van der Waals surface area contributed by atoms with Crippen molar-refractivity contribution < 1.29 is 33.9 Å². The van der Waals surface area contributed by atoms with Crippen LogP contribution in [-0.4, -0.2) is 48.7 Å². The van der Waals surface area contributed by atoms with E-state index in [1.165, 1.54) is 22.3 Å². The van der Waals surface area contributed by atoms with Gasteiger partial charge in [-0.1, -0.05) is 173 Å². The largest absolute Gasteiger partial charge is 0.488 e. The number of carbonyl (C=O) groups is 4. The van der Waals surface area contributed by atoms with Crippen LogP contribution in [0.4, 0.5) is 38.8 Å². The van der Waals surface area contributed by atoms with Crippen LogP contribution in [0, 0.1) is 27.7 Å². The van der Waals surface area contributed by atoms with Crippen LogP contribution in [0.15, 0.2) is 235 Å². The molecule has 0 atom stereocenters. The SMILES string of the molecule is C.Cc1ccc(N(c2ccc(C)cc2)c2ccc(-c3ccc4c(c3)-c3ccccc3C(=O)C4=O)cc2)cc1.Cc1ccc(N(c2ccc(C)cc2)c2ccc(B(O)O)cc2)cc1.F.O=C1C(=O)c2ccc(Br)cc2-c2ccccc21.[B]. The van der Waals surface area contributed by atoms with Crippen molar-refractivity contribution in [3.8, 4) is 33.4 Å². The van der Waals surface area contributed by atoms with Gasteiger partial charge in [0.15, 0.2) is 0 Å². The number of carbonyl (C=O) groups excluding carboxylic acids is 4. The molecule has 2 aliphatic rings. The monoisotopic (exact) mass is 1130 g/mol. The quantitative estimate of drug-likeness (QED) is 0.114. The molecule has 0 aliphatic heterocycles. The summed E-state index contributed by atoms with van der Waals surface area (Å²) in [4.78, 5) is 53.5. The molecule has 0 unspecified atom stereocenters. The molecular weight excluding hydrogens is 1070 g/mol. The molecule has 3 radical (unpaired) electrons. The third kappa shape index (κ3) is 12.7. The molecule has 12 heteroatoms. The molecule has 2 N–H and O–H groups in total. The van der Waals surface area contributed by atoms with Gasteiger partial charge in [0.2, 0.25) is 23.1 Å². The standard InChI is InChI=1S/C34H25NO2.C20H20BNO2.C14H7BrO2.CH4.B.FH/c1-22-7-14-26(15-8-22)35(27-16-9-23(2)10-17-27)28-18-11-24(12-19-28)25-13-20-31-32(21-25)29-5-3-4-6-30(29)33(36)34(31)37;1-15-3-9-18(10-4-15)22(19-11-5-16(2)6-12-19)20-13-7-17(8-14-20)21(23)24;15-8-5-6-11-12(7-8)9-3-1-2-4-10(9)13(16)14(11)17;;;/h3-21H,1-2H3;3-14,23-24H,1-2H3;1-7H;1H4;;1H. The van der Waals surface area contributed by atoms with Gasteiger partial charge in [0.05, 0.1) is 0 Å². The van der Waals surface area contributed by atoms with Crippen molar-refractivity contribution in [2.75, 3.05) is 9.80 Å². The summed E-state index contributed by atoms with van der Waals surface area (Å²) >= 11 is 3.38. The van der Waals surface area contributed by atoms with Gasteiger partial charge < -0.3 is 19.8 Å². The molecule has 0 amide bonds. The minimum Gasteiger partial charge on any atom is -0.423 e. The van der Waals surface area contributed by atoms with Gasteiger partial charge in [0.25, 0.3) is 0 Å². The Balaban J connectivity index is 0.000000186. The number of Topliss-reactive ketones (excluding diaryl/α,β-unsaturated/α-hetero) is 4. The van der Waals surface area contributed by atoms with Gasteiger partial charge in [0, 0.05) is 69.3 Å². The Morgan fingerprint density at radius 1 is 0.333 bits per heavy atom. The Hall–Kier alpha value is -9.06. The van der Waals surface area contributed by atoms with E-state index in [4.69, 9.17) is 0 Å². The molecule has 0 saturated heterocycles. The molecule has 10 aromatic carbocycles. The summed E-state index contributed by atoms with van der Waals surface area (Å²) in [6, 6.07) is 75.1. The zero-order valence-corrected chi connectivity index (χ0v) is 45.9. The van der Waals surface area contributed by atoms with E-state index in [0.717, 1.165) is 72.0 Å². The predicted molar refractivity (Wildman–Crippen MR) is 334 cm³/mol. The van der Waals surface area contributed by atoms with Gasteiger partial charge in [-0.15, -0.1) is 0 Å². The maximum Gasteiger partial charge on any atom is 0.488 e. The summed E-state index contributed by atoms with van der Waals surface area (Å²) in [7, 11) is -1.45. The molecular formula is C69H57B2BrFN2O6. The highest BCUT2D eigenvalue weighted by Gasteiger charge is 2.31. The first-order valence-corrected chi connectivity index (χ1v) is 26.3. The molecule has 0 fully saturated rings. The number of anilines is 6. The third-order valence-corrected chi connectivity index (χ3v) is 14.4. The summed E-state index contributed by atoms with van der Waals surface area (Å²) < 4.78 is 0.896. The van der Waals surface area contributed by atoms with Crippen LogP contribution in [0.3, 0.4) is 0 Å². The molecule has 399 valence electrons. The van der Waals surface area contributed by atoms with Crippen LogP contribution in [0.25, 0.3) is 33.4 Å². The zero-order chi connectivity index (χ0) is 54.6. The molecule has 81 heavy (non-hydrogen) atoms. The number of ketones is 4. The number of aryl methyl sites for hydroxylation is 4. The Kier molecular flexibility index (Phi) is 19.0. The van der Waals surface area contributed by atoms with Gasteiger partial charge in [-0.2, -0.15) is 0 Å². The molecule has 2 aliphatic carbocycles. The number of halogens is 2. The highest BCUT2D eigenvalue weighted by molar-refractivity contribution is 9.10. The van der Waals surface area contributed by atoms with E-state index in [0.29, 0.717) is 27.7 Å². The fourth-order valence-corrected chi connectivity index (χ4v) is 10.0. The van der Waals surface area contributed by atoms with Crippen molar-refractivity contribution in [3.05, 3.63) is 280 Å². The van der Waals surface area contributed by atoms with E-state index in [2.05, 4.69) is 175 Å². The number of nitrogens with zero attached hydrogens (tertiary/aromatic N) is 2. The maximum absolute atomic E-state index is 12.7. The maximum atomic E-state index is 12.7. The van der Waals surface area contributed by atoms with Gasteiger partial charge >= 0.3 is 7.12 Å². The zero-order valence-electron chi connectivity index (χ0n) is 44.3. The molecule has 0 heterocycles. The highest BCUT2D eigenvalue weighted by atomic mass is 79.9. The minimum atomic E-state index is -1.45. The third-order valence-electron chi connectivity index (χ3n) is 13.9. The molecule has 0 aromatic heterocycles. The van der Waals surface area contributed by atoms with Crippen LogP contribution in [-0.2, 0) is 0 Å². The average molecular weight is 1130 g/mol. The topological polar surface area (TPSA) is 115 Å². The Labute approximate surface area is 483 Å². The van der Waals surface area contributed by atoms with E-state index >= 15 is 0 Å². The second kappa shape index (κ2) is 25.8. The van der Waals surface area contributed by atoms with E-state index in [1.54, 1.807) is 54.6 Å². The van der Waals surface area contributed by atoms with E-state index in [1.807, 2.05) is 54.6 Å². The first-order chi connectivity index (χ1) is 37.7. The molecule has 0 saturated carbocycles. The summed E-state index contributed by atoms with van der Waals surface area (Å²) in [5, 5.41) is 18.6. The number of benzene rings is 10. The van der Waals surface area contributed by atoms with Crippen molar-refractivity contribution in [2.45, 2.75) is 35.1 Å². The van der Waals surface area contributed by atoms with Crippen LogP contribution in [0.2, 0.25) is 0 Å². The second-order valence-corrected chi connectivity index (χ2v) is 20.3. The van der Waals surface area contributed by atoms with Gasteiger partial charge in [0.1, 0.15) is 0 Å². The fraction of sp³-hybridized carbons (Fsp3) is 0.0725. The summed E-state index contributed by atoms with van der Waals surface area (Å²) in [5.74, 6) is -1.73. The van der Waals surface area contributed by atoms with Crippen LogP contribution in [0.1, 0.15) is 71.1 Å². The van der Waals surface area contributed by atoms with Gasteiger partial charge in [-0.05, 0) is 170 Å². The number of hydrogen-bond donors (Lipinski definition) is 2. The lowest BCUT2D eigenvalue weighted by atomic mass is 9.80. The number of fused-ring (bicyclic) bond motifs is 6. The van der Waals surface area contributed by atoms with Crippen LogP contribution >= 0.6 is 15.9 Å². The average Bonchev–Trinajstić information content (AvgIpc) is 3.57. The summed E-state index contributed by atoms with van der Waals surface area (Å²) in [6.07, 6.45) is 0. The lowest BCUT2D eigenvalue weighted by molar-refractivity contribution is 0.0815. The molecule has 0 bridgehead atoms. The summed E-state index contributed by atoms with van der Waals surface area (Å²) in [6.45, 7) is 8.32. The van der Waals surface area contributed by atoms with E-state index in [9.17, 15) is 29.2 Å². The van der Waals surface area contributed by atoms with Crippen molar-refractivity contribution >= 4 is 94.2 Å². The van der Waals surface area contributed by atoms with Crippen molar-refractivity contribution in [2.24, 2.45) is 0 Å². The van der Waals surface area contributed by atoms with Gasteiger partial charge in [-0.25, -0.2) is 0 Å². The summed E-state index contributed by atoms with van der Waals surface area (Å²) in [5.41, 5.74) is 18.9. The molecule has 0 spiro atoms. The molecule has 10 aromatic rings. The van der Waals surface area contributed by atoms with Gasteiger partial charge in [-0.3, -0.25) is 23.9 Å². The lowest BCUT2D eigenvalue weighted by Gasteiger charge is -2.26. The normalized spacial score (nSPS) is 11.4. The highest BCUT2D eigenvalue weighted by Crippen LogP contribution is 2.40. The van der Waals surface area contributed by atoms with Crippen molar-refractivity contribution in [1.82, 2.24) is 0 Å². The molecule has 12 rings (SSSR count).